The second-order valence-electron chi connectivity index (χ2n) is 7.27. The van der Waals surface area contributed by atoms with Crippen LogP contribution in [0.25, 0.3) is 15.9 Å². The van der Waals surface area contributed by atoms with E-state index < -0.39 is 5.82 Å². The minimum Gasteiger partial charge on any atom is -0.351 e. The van der Waals surface area contributed by atoms with Gasteiger partial charge < -0.3 is 5.32 Å². The molecule has 9 heteroatoms. The molecule has 2 aromatic heterocycles. The minimum absolute atomic E-state index is 0.0110. The molecule has 0 radical (unpaired) electrons. The van der Waals surface area contributed by atoms with E-state index in [-0.39, 0.29) is 28.8 Å². The summed E-state index contributed by atoms with van der Waals surface area (Å²) in [5, 5.41) is 5.08. The lowest BCUT2D eigenvalue weighted by atomic mass is 10.1. The fourth-order valence-corrected chi connectivity index (χ4v) is 5.09. The molecule has 1 N–H and O–H groups in total. The first kappa shape index (κ1) is 22.5. The van der Waals surface area contributed by atoms with E-state index in [1.54, 1.807) is 16.7 Å². The standard InChI is InChI=1S/C23H19ClFN3O2S2/c1-13-3-6-19(14(2)9-13)28-22(30)21-18(7-8-31-21)27-23(28)32-12-20(29)26-11-15-4-5-17(25)16(24)10-15/h3-10H,11-12H2,1-2H3,(H,26,29). The van der Waals surface area contributed by atoms with E-state index in [0.29, 0.717) is 20.9 Å². The van der Waals surface area contributed by atoms with Crippen LogP contribution in [-0.2, 0) is 11.3 Å². The van der Waals surface area contributed by atoms with Crippen molar-refractivity contribution in [1.29, 1.82) is 0 Å². The molecular formula is C23H19ClFN3O2S2. The van der Waals surface area contributed by atoms with Crippen LogP contribution in [0, 0.1) is 19.7 Å². The number of nitrogens with one attached hydrogen (secondary N) is 1. The van der Waals surface area contributed by atoms with Crippen molar-refractivity contribution in [1.82, 2.24) is 14.9 Å². The van der Waals surface area contributed by atoms with Crippen molar-refractivity contribution in [2.24, 2.45) is 0 Å². The normalized spacial score (nSPS) is 11.1. The van der Waals surface area contributed by atoms with E-state index in [0.717, 1.165) is 16.8 Å². The van der Waals surface area contributed by atoms with Gasteiger partial charge in [-0.3, -0.25) is 14.2 Å². The highest BCUT2D eigenvalue weighted by Crippen LogP contribution is 2.25. The summed E-state index contributed by atoms with van der Waals surface area (Å²) in [6.45, 7) is 4.16. The van der Waals surface area contributed by atoms with Crippen LogP contribution in [0.1, 0.15) is 16.7 Å². The van der Waals surface area contributed by atoms with Crippen LogP contribution < -0.4 is 10.9 Å². The van der Waals surface area contributed by atoms with Gasteiger partial charge in [-0.05, 0) is 54.6 Å². The zero-order chi connectivity index (χ0) is 22.8. The summed E-state index contributed by atoms with van der Waals surface area (Å²) < 4.78 is 15.4. The largest absolute Gasteiger partial charge is 0.351 e. The van der Waals surface area contributed by atoms with Gasteiger partial charge in [-0.15, -0.1) is 11.3 Å². The van der Waals surface area contributed by atoms with Gasteiger partial charge in [-0.25, -0.2) is 9.37 Å². The lowest BCUT2D eigenvalue weighted by Gasteiger charge is -2.14. The SMILES string of the molecule is Cc1ccc(-n2c(SCC(=O)NCc3ccc(F)c(Cl)c3)nc3ccsc3c2=O)c(C)c1. The van der Waals surface area contributed by atoms with Gasteiger partial charge in [0.05, 0.1) is 22.0 Å². The number of amides is 1. The summed E-state index contributed by atoms with van der Waals surface area (Å²) in [5.41, 5.74) is 3.95. The summed E-state index contributed by atoms with van der Waals surface area (Å²) in [4.78, 5) is 30.3. The number of thiophene rings is 1. The third-order valence-corrected chi connectivity index (χ3v) is 6.97. The Kier molecular flexibility index (Phi) is 6.64. The van der Waals surface area contributed by atoms with Gasteiger partial charge >= 0.3 is 0 Å². The lowest BCUT2D eigenvalue weighted by Crippen LogP contribution is -2.26. The van der Waals surface area contributed by atoms with E-state index in [9.17, 15) is 14.0 Å². The van der Waals surface area contributed by atoms with Gasteiger partial charge in [0.15, 0.2) is 5.16 Å². The van der Waals surface area contributed by atoms with Crippen LogP contribution in [-0.4, -0.2) is 21.2 Å². The zero-order valence-electron chi connectivity index (χ0n) is 17.3. The molecule has 0 saturated heterocycles. The number of benzene rings is 2. The molecular weight excluding hydrogens is 469 g/mol. The Morgan fingerprint density at radius 2 is 2.03 bits per heavy atom. The average molecular weight is 488 g/mol. The maximum Gasteiger partial charge on any atom is 0.276 e. The molecule has 0 aliphatic heterocycles. The number of thioether (sulfide) groups is 1. The number of carbonyl (C=O) groups is 1. The quantitative estimate of drug-likeness (QED) is 0.297. The van der Waals surface area contributed by atoms with Crippen molar-refractivity contribution in [3.63, 3.8) is 0 Å². The topological polar surface area (TPSA) is 64.0 Å². The number of aromatic nitrogens is 2. The van der Waals surface area contributed by atoms with Gasteiger partial charge in [0.25, 0.3) is 5.56 Å². The number of nitrogens with zero attached hydrogens (tertiary/aromatic N) is 2. The van der Waals surface area contributed by atoms with E-state index in [1.807, 2.05) is 37.4 Å². The van der Waals surface area contributed by atoms with Gasteiger partial charge in [0, 0.05) is 6.54 Å². The van der Waals surface area contributed by atoms with Crippen molar-refractivity contribution >= 4 is 50.8 Å². The fourth-order valence-electron chi connectivity index (χ4n) is 3.29. The summed E-state index contributed by atoms with van der Waals surface area (Å²) in [6, 6.07) is 12.0. The Bertz CT molecular complexity index is 1380. The van der Waals surface area contributed by atoms with E-state index in [2.05, 4.69) is 10.3 Å². The third-order valence-electron chi connectivity index (χ3n) is 4.85. The maximum atomic E-state index is 13.3. The summed E-state index contributed by atoms with van der Waals surface area (Å²) in [7, 11) is 0. The van der Waals surface area contributed by atoms with Crippen LogP contribution in [0.4, 0.5) is 4.39 Å². The molecule has 0 fully saturated rings. The van der Waals surface area contributed by atoms with Crippen molar-refractivity contribution in [2.45, 2.75) is 25.5 Å². The molecule has 0 unspecified atom stereocenters. The van der Waals surface area contributed by atoms with Crippen molar-refractivity contribution in [3.8, 4) is 5.69 Å². The first-order valence-electron chi connectivity index (χ1n) is 9.75. The molecule has 0 saturated carbocycles. The Balaban J connectivity index is 1.57. The molecule has 5 nitrogen and oxygen atoms in total. The van der Waals surface area contributed by atoms with Crippen LogP contribution in [0.3, 0.4) is 0 Å². The Morgan fingerprint density at radius 3 is 2.78 bits per heavy atom. The summed E-state index contributed by atoms with van der Waals surface area (Å²) in [6.07, 6.45) is 0. The first-order valence-corrected chi connectivity index (χ1v) is 12.0. The molecule has 0 spiro atoms. The van der Waals surface area contributed by atoms with Gasteiger partial charge in [-0.1, -0.05) is 47.1 Å². The first-order chi connectivity index (χ1) is 15.3. The van der Waals surface area contributed by atoms with Crippen molar-refractivity contribution in [2.75, 3.05) is 5.75 Å². The molecule has 0 atom stereocenters. The average Bonchev–Trinajstić information content (AvgIpc) is 3.23. The Labute approximate surface area is 197 Å². The number of hydrogen-bond donors (Lipinski definition) is 1. The summed E-state index contributed by atoms with van der Waals surface area (Å²) >= 11 is 8.34. The molecule has 32 heavy (non-hydrogen) atoms. The highest BCUT2D eigenvalue weighted by molar-refractivity contribution is 7.99. The summed E-state index contributed by atoms with van der Waals surface area (Å²) in [5.74, 6) is -0.666. The third kappa shape index (κ3) is 4.72. The molecule has 4 aromatic rings. The predicted octanol–water partition coefficient (Wildman–Crippen LogP) is 5.27. The number of halogens is 2. The van der Waals surface area contributed by atoms with Gasteiger partial charge in [0.2, 0.25) is 5.91 Å². The van der Waals surface area contributed by atoms with Gasteiger partial charge in [-0.2, -0.15) is 0 Å². The smallest absolute Gasteiger partial charge is 0.276 e. The molecule has 0 bridgehead atoms. The second kappa shape index (κ2) is 9.44. The molecule has 1 amide bonds. The molecule has 2 heterocycles. The number of aryl methyl sites for hydroxylation is 2. The highest BCUT2D eigenvalue weighted by atomic mass is 35.5. The second-order valence-corrected chi connectivity index (χ2v) is 9.54. The lowest BCUT2D eigenvalue weighted by molar-refractivity contribution is -0.118. The Morgan fingerprint density at radius 1 is 1.22 bits per heavy atom. The van der Waals surface area contributed by atoms with E-state index in [1.165, 1.54) is 35.2 Å². The van der Waals surface area contributed by atoms with Gasteiger partial charge in [0.1, 0.15) is 10.5 Å². The number of fused-ring (bicyclic) bond motifs is 1. The number of rotatable bonds is 6. The Hall–Kier alpha value is -2.68. The zero-order valence-corrected chi connectivity index (χ0v) is 19.7. The fraction of sp³-hybridized carbons (Fsp3) is 0.174. The van der Waals surface area contributed by atoms with Crippen LogP contribution in [0.2, 0.25) is 5.02 Å². The number of hydrogen-bond acceptors (Lipinski definition) is 5. The van der Waals surface area contributed by atoms with E-state index in [4.69, 9.17) is 11.6 Å². The molecule has 4 rings (SSSR count). The minimum atomic E-state index is -0.503. The molecule has 2 aromatic carbocycles. The maximum absolute atomic E-state index is 13.3. The van der Waals surface area contributed by atoms with Crippen LogP contribution >= 0.6 is 34.7 Å². The van der Waals surface area contributed by atoms with E-state index >= 15 is 0 Å². The highest BCUT2D eigenvalue weighted by Gasteiger charge is 2.17. The monoisotopic (exact) mass is 487 g/mol. The number of carbonyl (C=O) groups excluding carboxylic acids is 1. The molecule has 0 aliphatic carbocycles. The van der Waals surface area contributed by atoms with Crippen LogP contribution in [0.15, 0.2) is 57.8 Å². The molecule has 164 valence electrons. The van der Waals surface area contributed by atoms with Crippen molar-refractivity contribution < 1.29 is 9.18 Å². The predicted molar refractivity (Wildman–Crippen MR) is 129 cm³/mol. The van der Waals surface area contributed by atoms with Crippen LogP contribution in [0.5, 0.6) is 0 Å². The van der Waals surface area contributed by atoms with Crippen molar-refractivity contribution in [3.05, 3.63) is 85.7 Å². The molecule has 0 aliphatic rings.